The highest BCUT2D eigenvalue weighted by molar-refractivity contribution is 5.88. The molecule has 0 spiro atoms. The van der Waals surface area contributed by atoms with Gasteiger partial charge in [-0.2, -0.15) is 0 Å². The van der Waals surface area contributed by atoms with E-state index in [1.807, 2.05) is 19.9 Å². The van der Waals surface area contributed by atoms with E-state index >= 15 is 0 Å². The van der Waals surface area contributed by atoms with Crippen LogP contribution in [-0.2, 0) is 23.9 Å². The molecule has 0 aromatic carbocycles. The molecule has 1 unspecified atom stereocenters. The molecule has 230 valence electrons. The molecular weight excluding hydrogens is 522 g/mol. The van der Waals surface area contributed by atoms with E-state index in [2.05, 4.69) is 27.7 Å². The molecule has 0 aromatic heterocycles. The number of aliphatic hydroxyl groups excluding tert-OH is 1. The number of esters is 2. The Hall–Kier alpha value is -2.19. The van der Waals surface area contributed by atoms with Crippen LogP contribution in [0.2, 0.25) is 0 Å². The van der Waals surface area contributed by atoms with Crippen LogP contribution in [0.25, 0.3) is 0 Å². The van der Waals surface area contributed by atoms with Crippen molar-refractivity contribution in [3.8, 4) is 0 Å². The summed E-state index contributed by atoms with van der Waals surface area (Å²) in [7, 11) is 0. The quantitative estimate of drug-likeness (QED) is 0.215. The molecule has 8 nitrogen and oxygen atoms in total. The summed E-state index contributed by atoms with van der Waals surface area (Å²) in [5.41, 5.74) is 6.86. The fourth-order valence-corrected chi connectivity index (χ4v) is 10.2. The summed E-state index contributed by atoms with van der Waals surface area (Å²) in [5.74, 6) is -1.55. The second-order valence-corrected chi connectivity index (χ2v) is 14.3. The van der Waals surface area contributed by atoms with Crippen LogP contribution in [0.15, 0.2) is 22.8 Å². The number of allylic oxidation sites excluding steroid dienone is 2. The zero-order valence-electron chi connectivity index (χ0n) is 26.0. The summed E-state index contributed by atoms with van der Waals surface area (Å²) in [4.78, 5) is 37.0. The normalized spacial score (nSPS) is 42.7. The van der Waals surface area contributed by atoms with Crippen LogP contribution in [0, 0.1) is 39.9 Å². The van der Waals surface area contributed by atoms with E-state index in [0.717, 1.165) is 31.3 Å². The van der Waals surface area contributed by atoms with E-state index in [0.29, 0.717) is 36.8 Å². The summed E-state index contributed by atoms with van der Waals surface area (Å²) in [5, 5.41) is 22.4. The van der Waals surface area contributed by atoms with Gasteiger partial charge in [-0.05, 0) is 111 Å². The molecule has 0 amide bonds. The maximum atomic E-state index is 12.7. The van der Waals surface area contributed by atoms with Crippen molar-refractivity contribution in [2.24, 2.45) is 45.7 Å². The standard InChI is InChI=1S/C33H51NO7/c1-18(2)9-8-10-21(30(38)39)28-23-15-24(36)29-31(5)13-12-25(41-27(37)17-34)19(3)22(31)11-14-32(29,6)33(23,7)16-26(28)40-20(4)35/h9,19,22-26,29,36H,8,10-17,34H2,1-7H3,(H,38,39)/t19-,22?,23+,24+,25+,26-,29+,31-,32-,33-/m0/s1. The summed E-state index contributed by atoms with van der Waals surface area (Å²) in [6, 6.07) is 0. The Morgan fingerprint density at radius 2 is 1.73 bits per heavy atom. The molecule has 0 radical (unpaired) electrons. The summed E-state index contributed by atoms with van der Waals surface area (Å²) in [6.07, 6.45) is 5.95. The third-order valence-electron chi connectivity index (χ3n) is 12.0. The third kappa shape index (κ3) is 5.28. The first-order valence-electron chi connectivity index (χ1n) is 15.4. The first-order valence-corrected chi connectivity index (χ1v) is 15.4. The molecule has 4 rings (SSSR count). The van der Waals surface area contributed by atoms with Gasteiger partial charge in [0, 0.05) is 12.5 Å². The first kappa shape index (κ1) is 31.7. The molecule has 4 N–H and O–H groups in total. The zero-order valence-corrected chi connectivity index (χ0v) is 26.0. The van der Waals surface area contributed by atoms with Gasteiger partial charge in [0.15, 0.2) is 0 Å². The van der Waals surface area contributed by atoms with Crippen LogP contribution in [0.3, 0.4) is 0 Å². The third-order valence-corrected chi connectivity index (χ3v) is 12.0. The topological polar surface area (TPSA) is 136 Å². The van der Waals surface area contributed by atoms with Crippen molar-refractivity contribution in [3.05, 3.63) is 22.8 Å². The maximum Gasteiger partial charge on any atom is 0.331 e. The molecule has 10 atom stereocenters. The van der Waals surface area contributed by atoms with E-state index in [1.54, 1.807) is 0 Å². The van der Waals surface area contributed by atoms with Gasteiger partial charge < -0.3 is 25.4 Å². The molecule has 8 heteroatoms. The van der Waals surface area contributed by atoms with Crippen LogP contribution in [0.4, 0.5) is 0 Å². The predicted molar refractivity (Wildman–Crippen MR) is 155 cm³/mol. The molecule has 4 fully saturated rings. The Bertz CT molecular complexity index is 1120. The SMILES string of the molecule is CC(=O)O[C@H]1C[C@@]2(C)[C@H](C[C@@H](O)[C@@H]3[C@@]4(C)CC[C@@H](OC(=O)CN)[C@@H](C)C4CC[C@@]32C)C1=C(CCC=C(C)C)C(=O)O. The Labute approximate surface area is 245 Å². The van der Waals surface area contributed by atoms with Crippen LogP contribution in [0.5, 0.6) is 0 Å². The molecule has 4 aliphatic rings. The number of hydrogen-bond donors (Lipinski definition) is 3. The molecule has 0 aliphatic heterocycles. The molecular formula is C33H51NO7. The van der Waals surface area contributed by atoms with Crippen molar-refractivity contribution >= 4 is 17.9 Å². The number of fused-ring (bicyclic) bond motifs is 5. The summed E-state index contributed by atoms with van der Waals surface area (Å²) >= 11 is 0. The summed E-state index contributed by atoms with van der Waals surface area (Å²) < 4.78 is 11.6. The highest BCUT2D eigenvalue weighted by atomic mass is 16.5. The molecule has 4 aliphatic carbocycles. The number of aliphatic carboxylic acids is 1. The molecule has 0 saturated heterocycles. The molecule has 4 saturated carbocycles. The van der Waals surface area contributed by atoms with Crippen molar-refractivity contribution in [1.29, 1.82) is 0 Å². The molecule has 0 heterocycles. The molecule has 41 heavy (non-hydrogen) atoms. The number of nitrogens with two attached hydrogens (primary N) is 1. The highest BCUT2D eigenvalue weighted by Gasteiger charge is 2.71. The van der Waals surface area contributed by atoms with Gasteiger partial charge >= 0.3 is 17.9 Å². The first-order chi connectivity index (χ1) is 19.1. The van der Waals surface area contributed by atoms with Crippen LogP contribution >= 0.6 is 0 Å². The van der Waals surface area contributed by atoms with Gasteiger partial charge in [-0.1, -0.05) is 39.3 Å². The number of rotatable bonds is 7. The van der Waals surface area contributed by atoms with Crippen molar-refractivity contribution in [2.75, 3.05) is 6.54 Å². The number of carboxylic acids is 1. The molecule has 0 bridgehead atoms. The van der Waals surface area contributed by atoms with Gasteiger partial charge in [0.25, 0.3) is 0 Å². The predicted octanol–water partition coefficient (Wildman–Crippen LogP) is 5.18. The van der Waals surface area contributed by atoms with Crippen LogP contribution in [-0.4, -0.2) is 53.0 Å². The van der Waals surface area contributed by atoms with Crippen molar-refractivity contribution in [3.63, 3.8) is 0 Å². The van der Waals surface area contributed by atoms with Crippen LogP contribution in [0.1, 0.15) is 99.8 Å². The van der Waals surface area contributed by atoms with E-state index in [9.17, 15) is 24.6 Å². The lowest BCUT2D eigenvalue weighted by Gasteiger charge is -2.69. The summed E-state index contributed by atoms with van der Waals surface area (Å²) in [6.45, 7) is 14.3. The van der Waals surface area contributed by atoms with Crippen LogP contribution < -0.4 is 5.73 Å². The van der Waals surface area contributed by atoms with Gasteiger partial charge in [0.2, 0.25) is 0 Å². The van der Waals surface area contributed by atoms with E-state index in [1.165, 1.54) is 6.92 Å². The van der Waals surface area contributed by atoms with Crippen molar-refractivity contribution in [1.82, 2.24) is 0 Å². The number of hydrogen-bond acceptors (Lipinski definition) is 7. The minimum absolute atomic E-state index is 0.0140. The second-order valence-electron chi connectivity index (χ2n) is 14.3. The average Bonchev–Trinajstić information content (AvgIpc) is 3.14. The van der Waals surface area contributed by atoms with Gasteiger partial charge in [-0.3, -0.25) is 9.59 Å². The lowest BCUT2D eigenvalue weighted by Crippen LogP contribution is -2.65. The minimum atomic E-state index is -0.972. The minimum Gasteiger partial charge on any atom is -0.478 e. The zero-order chi connectivity index (χ0) is 30.5. The fourth-order valence-electron chi connectivity index (χ4n) is 10.2. The number of carbonyl (C=O) groups excluding carboxylic acids is 2. The van der Waals surface area contributed by atoms with Gasteiger partial charge in [-0.15, -0.1) is 0 Å². The van der Waals surface area contributed by atoms with E-state index in [4.69, 9.17) is 15.2 Å². The Morgan fingerprint density at radius 1 is 1.05 bits per heavy atom. The fraction of sp³-hybridized carbons (Fsp3) is 0.788. The van der Waals surface area contributed by atoms with Crippen molar-refractivity contribution in [2.45, 2.75) is 118 Å². The lowest BCUT2D eigenvalue weighted by atomic mass is 9.36. The second kappa shape index (κ2) is 11.5. The Morgan fingerprint density at radius 3 is 2.32 bits per heavy atom. The number of aliphatic hydroxyl groups is 1. The number of carbonyl (C=O) groups is 3. The van der Waals surface area contributed by atoms with Gasteiger partial charge in [-0.25, -0.2) is 4.79 Å². The van der Waals surface area contributed by atoms with E-state index < -0.39 is 24.1 Å². The lowest BCUT2D eigenvalue weighted by molar-refractivity contribution is -0.236. The van der Waals surface area contributed by atoms with Gasteiger partial charge in [0.05, 0.1) is 12.6 Å². The van der Waals surface area contributed by atoms with Gasteiger partial charge in [0.1, 0.15) is 12.2 Å². The monoisotopic (exact) mass is 573 g/mol. The van der Waals surface area contributed by atoms with Crippen molar-refractivity contribution < 1.29 is 34.1 Å². The Balaban J connectivity index is 1.76. The number of carboxylic acid groups (broad SMARTS) is 1. The largest absolute Gasteiger partial charge is 0.478 e. The number of ether oxygens (including phenoxy) is 2. The smallest absolute Gasteiger partial charge is 0.331 e. The van der Waals surface area contributed by atoms with E-state index in [-0.39, 0.29) is 58.5 Å². The Kier molecular flexibility index (Phi) is 8.89. The average molecular weight is 574 g/mol. The molecule has 0 aromatic rings. The maximum absolute atomic E-state index is 12.7. The highest BCUT2D eigenvalue weighted by Crippen LogP contribution is 2.74.